The minimum absolute atomic E-state index is 0.107. The van der Waals surface area contributed by atoms with Crippen molar-refractivity contribution in [1.29, 1.82) is 0 Å². The summed E-state index contributed by atoms with van der Waals surface area (Å²) in [5, 5.41) is 7.05. The molecule has 0 fully saturated rings. The summed E-state index contributed by atoms with van der Waals surface area (Å²) in [5.41, 5.74) is 1.80. The van der Waals surface area contributed by atoms with Crippen LogP contribution in [0.2, 0.25) is 5.02 Å². The van der Waals surface area contributed by atoms with E-state index in [-0.39, 0.29) is 24.4 Å². The molecule has 0 radical (unpaired) electrons. The number of carbonyl (C=O) groups excluding carboxylic acids is 1. The van der Waals surface area contributed by atoms with Crippen molar-refractivity contribution in [3.8, 4) is 11.4 Å². The molecule has 0 saturated heterocycles. The van der Waals surface area contributed by atoms with Gasteiger partial charge in [-0.1, -0.05) is 22.8 Å². The van der Waals surface area contributed by atoms with Crippen molar-refractivity contribution < 1.29 is 13.7 Å². The number of benzene rings is 2. The van der Waals surface area contributed by atoms with Crippen LogP contribution in [0.4, 0.5) is 10.1 Å². The SMILES string of the molecule is Cc1ccc(F)c(NC(=O)CCc2nc(-c3ccc(Cl)cc3)no2)c1. The third-order valence-electron chi connectivity index (χ3n) is 3.53. The van der Waals surface area contributed by atoms with Crippen LogP contribution in [0.1, 0.15) is 17.9 Å². The zero-order valence-electron chi connectivity index (χ0n) is 13.4. The molecule has 5 nitrogen and oxygen atoms in total. The molecule has 3 rings (SSSR count). The van der Waals surface area contributed by atoms with Crippen molar-refractivity contribution in [2.45, 2.75) is 19.8 Å². The topological polar surface area (TPSA) is 68.0 Å². The Morgan fingerprint density at radius 3 is 2.76 bits per heavy atom. The average molecular weight is 360 g/mol. The maximum Gasteiger partial charge on any atom is 0.227 e. The van der Waals surface area contributed by atoms with Crippen molar-refractivity contribution in [2.24, 2.45) is 0 Å². The number of carbonyl (C=O) groups is 1. The summed E-state index contributed by atoms with van der Waals surface area (Å²) < 4.78 is 18.8. The van der Waals surface area contributed by atoms with Crippen LogP contribution in [-0.4, -0.2) is 16.0 Å². The van der Waals surface area contributed by atoms with Gasteiger partial charge < -0.3 is 9.84 Å². The van der Waals surface area contributed by atoms with Gasteiger partial charge in [0.05, 0.1) is 5.69 Å². The average Bonchev–Trinajstić information content (AvgIpc) is 3.06. The van der Waals surface area contributed by atoms with Gasteiger partial charge in [-0.2, -0.15) is 4.98 Å². The molecule has 0 atom stereocenters. The molecule has 0 unspecified atom stereocenters. The Labute approximate surface area is 148 Å². The minimum atomic E-state index is -0.471. The van der Waals surface area contributed by atoms with E-state index in [1.165, 1.54) is 6.07 Å². The number of amides is 1. The van der Waals surface area contributed by atoms with E-state index in [0.717, 1.165) is 11.1 Å². The lowest BCUT2D eigenvalue weighted by atomic mass is 10.2. The Kier molecular flexibility index (Phi) is 5.09. The molecule has 0 saturated carbocycles. The fourth-order valence-corrected chi connectivity index (χ4v) is 2.37. The Morgan fingerprint density at radius 1 is 1.24 bits per heavy atom. The molecule has 0 aliphatic heterocycles. The van der Waals surface area contributed by atoms with Crippen LogP contribution in [-0.2, 0) is 11.2 Å². The second-order valence-electron chi connectivity index (χ2n) is 5.55. The van der Waals surface area contributed by atoms with Crippen molar-refractivity contribution in [3.05, 3.63) is 64.8 Å². The molecule has 128 valence electrons. The van der Waals surface area contributed by atoms with Gasteiger partial charge in [0.25, 0.3) is 0 Å². The maximum absolute atomic E-state index is 13.6. The maximum atomic E-state index is 13.6. The van der Waals surface area contributed by atoms with Crippen LogP contribution in [0, 0.1) is 12.7 Å². The highest BCUT2D eigenvalue weighted by Gasteiger charge is 2.12. The predicted molar refractivity (Wildman–Crippen MR) is 92.8 cm³/mol. The third kappa shape index (κ3) is 4.42. The first-order chi connectivity index (χ1) is 12.0. The number of halogens is 2. The Balaban J connectivity index is 1.59. The van der Waals surface area contributed by atoms with Gasteiger partial charge in [0.1, 0.15) is 5.82 Å². The summed E-state index contributed by atoms with van der Waals surface area (Å²) in [4.78, 5) is 16.2. The highest BCUT2D eigenvalue weighted by Crippen LogP contribution is 2.19. The van der Waals surface area contributed by atoms with E-state index in [1.54, 1.807) is 36.4 Å². The second kappa shape index (κ2) is 7.44. The lowest BCUT2D eigenvalue weighted by Crippen LogP contribution is -2.13. The number of nitrogens with zero attached hydrogens (tertiary/aromatic N) is 2. The van der Waals surface area contributed by atoms with Crippen molar-refractivity contribution in [1.82, 2.24) is 10.1 Å². The number of hydrogen-bond donors (Lipinski definition) is 1. The summed E-state index contributed by atoms with van der Waals surface area (Å²) in [5.74, 6) is -0.0286. The normalized spacial score (nSPS) is 10.7. The molecule has 0 aliphatic carbocycles. The molecule has 1 heterocycles. The molecular weight excluding hydrogens is 345 g/mol. The van der Waals surface area contributed by atoms with E-state index in [0.29, 0.717) is 16.7 Å². The quantitative estimate of drug-likeness (QED) is 0.732. The molecule has 2 aromatic carbocycles. The standard InChI is InChI=1S/C18H15ClFN3O2/c1-11-2-7-14(20)15(10-11)21-16(24)8-9-17-22-18(23-25-17)12-3-5-13(19)6-4-12/h2-7,10H,8-9H2,1H3,(H,21,24). The molecule has 3 aromatic rings. The van der Waals surface area contributed by atoms with Gasteiger partial charge in [0, 0.05) is 23.4 Å². The fourth-order valence-electron chi connectivity index (χ4n) is 2.24. The molecule has 1 aromatic heterocycles. The number of hydrogen-bond acceptors (Lipinski definition) is 4. The highest BCUT2D eigenvalue weighted by atomic mass is 35.5. The monoisotopic (exact) mass is 359 g/mol. The molecule has 1 amide bonds. The van der Waals surface area contributed by atoms with E-state index >= 15 is 0 Å². The molecule has 1 N–H and O–H groups in total. The van der Waals surface area contributed by atoms with E-state index in [4.69, 9.17) is 16.1 Å². The Morgan fingerprint density at radius 2 is 2.00 bits per heavy atom. The molecule has 0 aliphatic rings. The van der Waals surface area contributed by atoms with Crippen molar-refractivity contribution in [3.63, 3.8) is 0 Å². The van der Waals surface area contributed by atoms with Crippen molar-refractivity contribution >= 4 is 23.2 Å². The summed E-state index contributed by atoms with van der Waals surface area (Å²) >= 11 is 5.84. The van der Waals surface area contributed by atoms with Gasteiger partial charge in [-0.3, -0.25) is 4.79 Å². The number of anilines is 1. The van der Waals surface area contributed by atoms with Crippen LogP contribution in [0.25, 0.3) is 11.4 Å². The van der Waals surface area contributed by atoms with Crippen LogP contribution in [0.3, 0.4) is 0 Å². The van der Waals surface area contributed by atoms with Crippen molar-refractivity contribution in [2.75, 3.05) is 5.32 Å². The van der Waals surface area contributed by atoms with Gasteiger partial charge in [-0.25, -0.2) is 4.39 Å². The van der Waals surface area contributed by atoms with Crippen LogP contribution >= 0.6 is 11.6 Å². The summed E-state index contributed by atoms with van der Waals surface area (Å²) in [6.45, 7) is 1.83. The zero-order chi connectivity index (χ0) is 17.8. The third-order valence-corrected chi connectivity index (χ3v) is 3.78. The smallest absolute Gasteiger partial charge is 0.227 e. The van der Waals surface area contributed by atoms with E-state index in [9.17, 15) is 9.18 Å². The first kappa shape index (κ1) is 17.1. The Bertz CT molecular complexity index is 894. The van der Waals surface area contributed by atoms with Gasteiger partial charge in [-0.15, -0.1) is 0 Å². The minimum Gasteiger partial charge on any atom is -0.339 e. The predicted octanol–water partition coefficient (Wildman–Crippen LogP) is 4.41. The molecule has 7 heteroatoms. The zero-order valence-corrected chi connectivity index (χ0v) is 14.2. The van der Waals surface area contributed by atoms with E-state index in [2.05, 4.69) is 15.5 Å². The lowest BCUT2D eigenvalue weighted by Gasteiger charge is -2.06. The first-order valence-corrected chi connectivity index (χ1v) is 8.03. The number of nitrogens with one attached hydrogen (secondary N) is 1. The van der Waals surface area contributed by atoms with Gasteiger partial charge in [0.15, 0.2) is 0 Å². The second-order valence-corrected chi connectivity index (χ2v) is 5.99. The first-order valence-electron chi connectivity index (χ1n) is 7.66. The van der Waals surface area contributed by atoms with E-state index in [1.807, 2.05) is 6.92 Å². The highest BCUT2D eigenvalue weighted by molar-refractivity contribution is 6.30. The number of aromatic nitrogens is 2. The van der Waals surface area contributed by atoms with Gasteiger partial charge in [-0.05, 0) is 48.9 Å². The molecule has 0 spiro atoms. The summed E-state index contributed by atoms with van der Waals surface area (Å²) in [6, 6.07) is 11.6. The molecular formula is C18H15ClFN3O2. The fraction of sp³-hybridized carbons (Fsp3) is 0.167. The lowest BCUT2D eigenvalue weighted by molar-refractivity contribution is -0.116. The molecule has 25 heavy (non-hydrogen) atoms. The van der Waals surface area contributed by atoms with Crippen LogP contribution < -0.4 is 5.32 Å². The van der Waals surface area contributed by atoms with E-state index < -0.39 is 5.82 Å². The van der Waals surface area contributed by atoms with Gasteiger partial charge >= 0.3 is 0 Å². The summed E-state index contributed by atoms with van der Waals surface area (Å²) in [6.07, 6.45) is 0.371. The molecule has 0 bridgehead atoms. The largest absolute Gasteiger partial charge is 0.339 e. The number of rotatable bonds is 5. The number of aryl methyl sites for hydroxylation is 2. The van der Waals surface area contributed by atoms with Crippen LogP contribution in [0.15, 0.2) is 47.0 Å². The van der Waals surface area contributed by atoms with Gasteiger partial charge in [0.2, 0.25) is 17.6 Å². The summed E-state index contributed by atoms with van der Waals surface area (Å²) in [7, 11) is 0. The Hall–Kier alpha value is -2.73. The van der Waals surface area contributed by atoms with Crippen LogP contribution in [0.5, 0.6) is 0 Å².